The quantitative estimate of drug-likeness (QED) is 0.405. The maximum Gasteiger partial charge on any atom is 0.187 e. The van der Waals surface area contributed by atoms with E-state index in [9.17, 15) is 4.55 Å². The predicted molar refractivity (Wildman–Crippen MR) is 119 cm³/mol. The third kappa shape index (κ3) is 5.59. The molecule has 1 aromatic heterocycles. The minimum Gasteiger partial charge on any atom is -0.611 e. The average Bonchev–Trinajstić information content (AvgIpc) is 3.44. The Morgan fingerprint density at radius 3 is 2.68 bits per heavy atom. The number of nitrogens with two attached hydrogens (primary N) is 1. The zero-order valence-corrected chi connectivity index (χ0v) is 18.3. The second-order valence-corrected chi connectivity index (χ2v) is 9.12. The average molecular weight is 442 g/mol. The third-order valence-corrected chi connectivity index (χ3v) is 6.80. The fourth-order valence-electron chi connectivity index (χ4n) is 3.66. The predicted octanol–water partition coefficient (Wildman–Crippen LogP) is 3.03. The lowest BCUT2D eigenvalue weighted by atomic mass is 10.0. The first kappa shape index (κ1) is 21.7. The van der Waals surface area contributed by atoms with Crippen molar-refractivity contribution in [3.05, 3.63) is 72.8 Å². The Morgan fingerprint density at radius 2 is 2.00 bits per heavy atom. The van der Waals surface area contributed by atoms with Crippen molar-refractivity contribution in [1.29, 1.82) is 0 Å². The van der Waals surface area contributed by atoms with Crippen LogP contribution in [0.2, 0.25) is 0 Å². The second kappa shape index (κ2) is 9.74. The smallest absolute Gasteiger partial charge is 0.187 e. The fourth-order valence-corrected chi connectivity index (χ4v) is 4.80. The molecule has 0 bridgehead atoms. The van der Waals surface area contributed by atoms with Crippen LogP contribution >= 0.6 is 0 Å². The van der Waals surface area contributed by atoms with E-state index in [4.69, 9.17) is 19.9 Å². The van der Waals surface area contributed by atoms with Gasteiger partial charge in [0.2, 0.25) is 0 Å². The summed E-state index contributed by atoms with van der Waals surface area (Å²) in [6.07, 6.45) is 6.58. The van der Waals surface area contributed by atoms with Crippen LogP contribution in [0.1, 0.15) is 12.0 Å². The minimum absolute atomic E-state index is 0.252. The molecule has 1 aliphatic rings. The van der Waals surface area contributed by atoms with E-state index in [1.807, 2.05) is 35.0 Å². The number of hydrogen-bond acceptors (Lipinski definition) is 6. The molecule has 2 aromatic carbocycles. The van der Waals surface area contributed by atoms with Gasteiger partial charge in [0.15, 0.2) is 10.7 Å². The van der Waals surface area contributed by atoms with Crippen molar-refractivity contribution in [2.24, 2.45) is 0 Å². The number of ether oxygens (including phenoxy) is 3. The normalized spacial score (nSPS) is 21.8. The van der Waals surface area contributed by atoms with Gasteiger partial charge < -0.3 is 29.1 Å². The van der Waals surface area contributed by atoms with Gasteiger partial charge in [0.25, 0.3) is 0 Å². The van der Waals surface area contributed by atoms with Crippen LogP contribution in [0.4, 0.5) is 5.69 Å². The van der Waals surface area contributed by atoms with Crippen molar-refractivity contribution >= 4 is 16.9 Å². The van der Waals surface area contributed by atoms with E-state index in [1.165, 1.54) is 5.56 Å². The monoisotopic (exact) mass is 441 g/mol. The maximum absolute atomic E-state index is 12.8. The summed E-state index contributed by atoms with van der Waals surface area (Å²) in [5.74, 6) is 0.407. The Hall–Kier alpha value is -2.52. The first-order chi connectivity index (χ1) is 15.0. The van der Waals surface area contributed by atoms with E-state index in [2.05, 4.69) is 4.98 Å². The number of aromatic nitrogens is 2. The molecule has 7 nitrogen and oxygen atoms in total. The molecule has 2 N–H and O–H groups in total. The number of anilines is 1. The molecular weight excluding hydrogens is 414 g/mol. The van der Waals surface area contributed by atoms with Crippen molar-refractivity contribution in [2.45, 2.75) is 36.2 Å². The highest BCUT2D eigenvalue weighted by atomic mass is 32.2. The van der Waals surface area contributed by atoms with Crippen molar-refractivity contribution < 1.29 is 18.8 Å². The van der Waals surface area contributed by atoms with E-state index < -0.39 is 17.0 Å². The highest BCUT2D eigenvalue weighted by molar-refractivity contribution is 7.91. The molecule has 3 aromatic rings. The summed E-state index contributed by atoms with van der Waals surface area (Å²) < 4.78 is 32.6. The van der Waals surface area contributed by atoms with Gasteiger partial charge in [-0.1, -0.05) is 12.1 Å². The highest BCUT2D eigenvalue weighted by Crippen LogP contribution is 2.32. The number of rotatable bonds is 9. The van der Waals surface area contributed by atoms with E-state index in [0.29, 0.717) is 31.0 Å². The van der Waals surface area contributed by atoms with Crippen LogP contribution in [0.5, 0.6) is 5.75 Å². The minimum atomic E-state index is -1.19. The Kier molecular flexibility index (Phi) is 6.82. The number of nitrogens with zero attached hydrogens (tertiary/aromatic N) is 2. The molecule has 8 heteroatoms. The molecule has 0 saturated carbocycles. The molecule has 2 heterocycles. The van der Waals surface area contributed by atoms with Gasteiger partial charge in [0.1, 0.15) is 17.6 Å². The molecule has 164 valence electrons. The highest BCUT2D eigenvalue weighted by Gasteiger charge is 2.43. The molecule has 3 atom stereocenters. The van der Waals surface area contributed by atoms with E-state index >= 15 is 0 Å². The summed E-state index contributed by atoms with van der Waals surface area (Å²) in [5, 5.41) is 0. The summed E-state index contributed by atoms with van der Waals surface area (Å²) >= 11 is -1.19. The molecular formula is C23H27N3O4S. The Labute approximate surface area is 185 Å². The largest absolute Gasteiger partial charge is 0.611 e. The first-order valence-corrected chi connectivity index (χ1v) is 11.5. The van der Waals surface area contributed by atoms with Crippen molar-refractivity contribution in [3.8, 4) is 5.75 Å². The van der Waals surface area contributed by atoms with Gasteiger partial charge in [-0.3, -0.25) is 0 Å². The van der Waals surface area contributed by atoms with E-state index in [-0.39, 0.29) is 6.10 Å². The van der Waals surface area contributed by atoms with Crippen LogP contribution in [0.15, 0.2) is 72.1 Å². The molecule has 0 amide bonds. The lowest BCUT2D eigenvalue weighted by Gasteiger charge is -2.28. The third-order valence-electron chi connectivity index (χ3n) is 5.33. The van der Waals surface area contributed by atoms with Gasteiger partial charge >= 0.3 is 0 Å². The number of nitrogen functional groups attached to an aromatic ring is 1. The van der Waals surface area contributed by atoms with E-state index in [1.54, 1.807) is 43.9 Å². The lowest BCUT2D eigenvalue weighted by Crippen LogP contribution is -2.37. The fraction of sp³-hybridized carbons (Fsp3) is 0.348. The van der Waals surface area contributed by atoms with Crippen molar-refractivity contribution in [1.82, 2.24) is 9.55 Å². The summed E-state index contributed by atoms with van der Waals surface area (Å²) in [6, 6.07) is 15.1. The van der Waals surface area contributed by atoms with Crippen LogP contribution in [0, 0.1) is 0 Å². The lowest BCUT2D eigenvalue weighted by molar-refractivity contribution is -0.180. The molecule has 1 aliphatic heterocycles. The second-order valence-electron chi connectivity index (χ2n) is 7.63. The molecule has 0 spiro atoms. The summed E-state index contributed by atoms with van der Waals surface area (Å²) in [5.41, 5.74) is 7.55. The number of hydrogen-bond donors (Lipinski definition) is 1. The van der Waals surface area contributed by atoms with Gasteiger partial charge in [-0.05, 0) is 59.6 Å². The van der Waals surface area contributed by atoms with Crippen LogP contribution in [0.3, 0.4) is 0 Å². The van der Waals surface area contributed by atoms with Crippen LogP contribution in [0.25, 0.3) is 0 Å². The SMILES string of the molecule is COc1ccc(CC[C@@]2(Cn3ccnc3)OC[C@H](C[S+]([O-])c3ccc(N)cc3)O2)cc1. The standard InChI is InChI=1S/C23H27N3O4S/c1-28-20-6-2-18(3-7-20)10-11-23(16-26-13-12-25-17-26)29-14-21(30-23)15-31(27)22-8-4-19(24)5-9-22/h2-9,12-13,17,21H,10-11,14-16,24H2,1H3/t21-,23-,31?/m1/s1. The maximum atomic E-state index is 12.8. The van der Waals surface area contributed by atoms with Gasteiger partial charge in [-0.25, -0.2) is 4.98 Å². The summed E-state index contributed by atoms with van der Waals surface area (Å²) in [7, 11) is 1.66. The zero-order chi connectivity index (χ0) is 21.7. The van der Waals surface area contributed by atoms with Crippen molar-refractivity contribution in [3.63, 3.8) is 0 Å². The number of aryl methyl sites for hydroxylation is 1. The molecule has 1 saturated heterocycles. The van der Waals surface area contributed by atoms with Crippen LogP contribution in [-0.4, -0.2) is 45.5 Å². The molecule has 0 radical (unpaired) electrons. The molecule has 0 aliphatic carbocycles. The number of imidazole rings is 1. The van der Waals surface area contributed by atoms with E-state index in [0.717, 1.165) is 17.1 Å². The zero-order valence-electron chi connectivity index (χ0n) is 17.5. The molecule has 1 fully saturated rings. The first-order valence-electron chi connectivity index (χ1n) is 10.2. The Morgan fingerprint density at radius 1 is 1.23 bits per heavy atom. The van der Waals surface area contributed by atoms with Gasteiger partial charge in [0, 0.05) is 24.5 Å². The molecule has 4 rings (SSSR count). The number of benzene rings is 2. The number of methoxy groups -OCH3 is 1. The molecule has 31 heavy (non-hydrogen) atoms. The Bertz CT molecular complexity index is 950. The van der Waals surface area contributed by atoms with Gasteiger partial charge in [0.05, 0.1) is 26.6 Å². The van der Waals surface area contributed by atoms with Gasteiger partial charge in [-0.2, -0.15) is 0 Å². The van der Waals surface area contributed by atoms with Crippen LogP contribution < -0.4 is 10.5 Å². The molecule has 1 unspecified atom stereocenters. The summed E-state index contributed by atoms with van der Waals surface area (Å²) in [6.45, 7) is 0.923. The topological polar surface area (TPSA) is 94.6 Å². The van der Waals surface area contributed by atoms with Crippen molar-refractivity contribution in [2.75, 3.05) is 25.2 Å². The Balaban J connectivity index is 1.42. The van der Waals surface area contributed by atoms with Crippen LogP contribution in [-0.2, 0) is 33.6 Å². The summed E-state index contributed by atoms with van der Waals surface area (Å²) in [4.78, 5) is 4.87. The van der Waals surface area contributed by atoms with Gasteiger partial charge in [-0.15, -0.1) is 0 Å².